The lowest BCUT2D eigenvalue weighted by molar-refractivity contribution is 0.669. The van der Waals surface area contributed by atoms with Gasteiger partial charge in [-0.15, -0.1) is 0 Å². The van der Waals surface area contributed by atoms with Gasteiger partial charge in [0.05, 0.1) is 5.69 Å². The highest BCUT2D eigenvalue weighted by Gasteiger charge is 2.14. The van der Waals surface area contributed by atoms with E-state index < -0.39 is 0 Å². The molecule has 27 heavy (non-hydrogen) atoms. The van der Waals surface area contributed by atoms with Crippen molar-refractivity contribution < 1.29 is 4.42 Å². The molecule has 0 aliphatic carbocycles. The van der Waals surface area contributed by atoms with Crippen molar-refractivity contribution in [3.8, 4) is 22.6 Å². The van der Waals surface area contributed by atoms with E-state index in [2.05, 4.69) is 17.1 Å². The molecule has 0 unspecified atom stereocenters. The van der Waals surface area contributed by atoms with E-state index in [0.717, 1.165) is 44.3 Å². The lowest BCUT2D eigenvalue weighted by Crippen LogP contribution is -1.97. The van der Waals surface area contributed by atoms with E-state index >= 15 is 0 Å². The number of aromatic nitrogens is 2. The van der Waals surface area contributed by atoms with Gasteiger partial charge in [0.15, 0.2) is 5.82 Å². The fourth-order valence-electron chi connectivity index (χ4n) is 3.36. The number of benzene rings is 3. The minimum atomic E-state index is 0.462. The maximum atomic E-state index is 6.43. The molecule has 0 fully saturated rings. The summed E-state index contributed by atoms with van der Waals surface area (Å²) in [4.78, 5) is 9.30. The van der Waals surface area contributed by atoms with Crippen LogP contribution in [0.2, 0.25) is 5.15 Å². The predicted molar refractivity (Wildman–Crippen MR) is 110 cm³/mol. The Kier molecular flexibility index (Phi) is 3.69. The average Bonchev–Trinajstić information content (AvgIpc) is 3.08. The van der Waals surface area contributed by atoms with Crippen LogP contribution in [-0.2, 0) is 0 Å². The third-order valence-corrected chi connectivity index (χ3v) is 5.14. The number of fused-ring (bicyclic) bond motifs is 3. The van der Waals surface area contributed by atoms with Crippen LogP contribution in [-0.4, -0.2) is 9.97 Å². The van der Waals surface area contributed by atoms with Crippen LogP contribution < -0.4 is 0 Å². The zero-order chi connectivity index (χ0) is 18.4. The van der Waals surface area contributed by atoms with Gasteiger partial charge >= 0.3 is 0 Å². The highest BCUT2D eigenvalue weighted by Crippen LogP contribution is 2.33. The Hall–Kier alpha value is -3.17. The smallest absolute Gasteiger partial charge is 0.161 e. The van der Waals surface area contributed by atoms with Crippen molar-refractivity contribution in [3.05, 3.63) is 83.5 Å². The number of rotatable bonds is 2. The quantitative estimate of drug-likeness (QED) is 0.325. The van der Waals surface area contributed by atoms with Gasteiger partial charge in [-0.25, -0.2) is 9.97 Å². The van der Waals surface area contributed by atoms with Crippen LogP contribution in [0.15, 0.2) is 77.2 Å². The van der Waals surface area contributed by atoms with Gasteiger partial charge in [0.2, 0.25) is 0 Å². The number of para-hydroxylation sites is 1. The molecule has 5 rings (SSSR count). The van der Waals surface area contributed by atoms with E-state index in [1.54, 1.807) is 0 Å². The standard InChI is InChI=1S/C23H15ClN2O/c1-14-21(15-7-3-2-4-8-15)25-23(26-22(14)24)16-11-12-18-17-9-5-6-10-19(17)27-20(18)13-16/h2-13H,1H3. The summed E-state index contributed by atoms with van der Waals surface area (Å²) in [5.74, 6) is 0.590. The van der Waals surface area contributed by atoms with Gasteiger partial charge in [-0.1, -0.05) is 66.2 Å². The maximum absolute atomic E-state index is 6.43. The highest BCUT2D eigenvalue weighted by atomic mass is 35.5. The van der Waals surface area contributed by atoms with Gasteiger partial charge in [-0.3, -0.25) is 0 Å². The van der Waals surface area contributed by atoms with Crippen LogP contribution in [0.4, 0.5) is 0 Å². The monoisotopic (exact) mass is 370 g/mol. The lowest BCUT2D eigenvalue weighted by atomic mass is 10.1. The summed E-state index contributed by atoms with van der Waals surface area (Å²) in [6.07, 6.45) is 0. The fraction of sp³-hybridized carbons (Fsp3) is 0.0435. The minimum absolute atomic E-state index is 0.462. The van der Waals surface area contributed by atoms with Crippen molar-refractivity contribution in [1.82, 2.24) is 9.97 Å². The topological polar surface area (TPSA) is 38.9 Å². The molecule has 3 aromatic carbocycles. The largest absolute Gasteiger partial charge is 0.456 e. The molecule has 0 aliphatic rings. The number of furan rings is 1. The first-order valence-electron chi connectivity index (χ1n) is 8.72. The number of hydrogen-bond donors (Lipinski definition) is 0. The van der Waals surface area contributed by atoms with Crippen LogP contribution in [0, 0.1) is 6.92 Å². The zero-order valence-electron chi connectivity index (χ0n) is 14.6. The van der Waals surface area contributed by atoms with Gasteiger partial charge in [-0.05, 0) is 25.1 Å². The summed E-state index contributed by atoms with van der Waals surface area (Å²) in [5, 5.41) is 2.64. The molecule has 5 aromatic rings. The van der Waals surface area contributed by atoms with Crippen LogP contribution >= 0.6 is 11.6 Å². The summed E-state index contributed by atoms with van der Waals surface area (Å²) >= 11 is 6.43. The van der Waals surface area contributed by atoms with Crippen LogP contribution in [0.25, 0.3) is 44.6 Å². The molecule has 0 saturated carbocycles. The molecule has 2 heterocycles. The maximum Gasteiger partial charge on any atom is 0.161 e. The second-order valence-electron chi connectivity index (χ2n) is 6.49. The first-order chi connectivity index (χ1) is 13.2. The van der Waals surface area contributed by atoms with Gasteiger partial charge < -0.3 is 4.42 Å². The van der Waals surface area contributed by atoms with E-state index in [1.807, 2.05) is 67.6 Å². The first-order valence-corrected chi connectivity index (χ1v) is 9.10. The van der Waals surface area contributed by atoms with Gasteiger partial charge in [-0.2, -0.15) is 0 Å². The SMILES string of the molecule is Cc1c(Cl)nc(-c2ccc3c(c2)oc2ccccc23)nc1-c1ccccc1. The summed E-state index contributed by atoms with van der Waals surface area (Å²) in [6, 6.07) is 24.1. The number of hydrogen-bond acceptors (Lipinski definition) is 3. The Morgan fingerprint density at radius 1 is 0.741 bits per heavy atom. The van der Waals surface area contributed by atoms with Crippen molar-refractivity contribution in [3.63, 3.8) is 0 Å². The molecule has 0 radical (unpaired) electrons. The van der Waals surface area contributed by atoms with E-state index in [1.165, 1.54) is 0 Å². The van der Waals surface area contributed by atoms with Crippen molar-refractivity contribution in [2.75, 3.05) is 0 Å². The molecule has 0 saturated heterocycles. The van der Waals surface area contributed by atoms with Gasteiger partial charge in [0, 0.05) is 27.5 Å². The van der Waals surface area contributed by atoms with Crippen molar-refractivity contribution >= 4 is 33.5 Å². The molecule has 130 valence electrons. The first kappa shape index (κ1) is 16.0. The van der Waals surface area contributed by atoms with Gasteiger partial charge in [0.1, 0.15) is 16.3 Å². The molecular formula is C23H15ClN2O. The summed E-state index contributed by atoms with van der Waals surface area (Å²) in [6.45, 7) is 1.94. The highest BCUT2D eigenvalue weighted by molar-refractivity contribution is 6.30. The normalized spacial score (nSPS) is 11.3. The third-order valence-electron chi connectivity index (χ3n) is 4.77. The predicted octanol–water partition coefficient (Wildman–Crippen LogP) is 6.67. The number of halogens is 1. The lowest BCUT2D eigenvalue weighted by Gasteiger charge is -2.09. The minimum Gasteiger partial charge on any atom is -0.456 e. The molecule has 0 N–H and O–H groups in total. The van der Waals surface area contributed by atoms with Crippen molar-refractivity contribution in [1.29, 1.82) is 0 Å². The summed E-state index contributed by atoms with van der Waals surface area (Å²) in [7, 11) is 0. The molecule has 0 amide bonds. The molecule has 0 spiro atoms. The molecule has 0 bridgehead atoms. The Morgan fingerprint density at radius 2 is 1.48 bits per heavy atom. The van der Waals surface area contributed by atoms with Crippen LogP contribution in [0.3, 0.4) is 0 Å². The average molecular weight is 371 g/mol. The molecule has 2 aromatic heterocycles. The molecular weight excluding hydrogens is 356 g/mol. The van der Waals surface area contributed by atoms with E-state index in [4.69, 9.17) is 21.0 Å². The van der Waals surface area contributed by atoms with Gasteiger partial charge in [0.25, 0.3) is 0 Å². The Bertz CT molecular complexity index is 1290. The molecule has 0 aliphatic heterocycles. The summed E-state index contributed by atoms with van der Waals surface area (Å²) in [5.41, 5.74) is 5.30. The van der Waals surface area contributed by atoms with E-state index in [9.17, 15) is 0 Å². The van der Waals surface area contributed by atoms with Crippen molar-refractivity contribution in [2.24, 2.45) is 0 Å². The Balaban J connectivity index is 1.70. The number of nitrogens with zero attached hydrogens (tertiary/aromatic N) is 2. The molecule has 0 atom stereocenters. The second kappa shape index (κ2) is 6.22. The Labute approximate surface area is 161 Å². The van der Waals surface area contributed by atoms with E-state index in [-0.39, 0.29) is 0 Å². The summed E-state index contributed by atoms with van der Waals surface area (Å²) < 4.78 is 5.99. The third kappa shape index (κ3) is 2.68. The van der Waals surface area contributed by atoms with Crippen LogP contribution in [0.5, 0.6) is 0 Å². The second-order valence-corrected chi connectivity index (χ2v) is 6.84. The van der Waals surface area contributed by atoms with Crippen LogP contribution in [0.1, 0.15) is 5.56 Å². The van der Waals surface area contributed by atoms with E-state index in [0.29, 0.717) is 11.0 Å². The Morgan fingerprint density at radius 3 is 2.33 bits per heavy atom. The molecule has 4 heteroatoms. The fourth-order valence-corrected chi connectivity index (χ4v) is 3.53. The van der Waals surface area contributed by atoms with Crippen molar-refractivity contribution in [2.45, 2.75) is 6.92 Å². The molecule has 3 nitrogen and oxygen atoms in total. The zero-order valence-corrected chi connectivity index (χ0v) is 15.4.